The molecule has 5 heteroatoms. The summed E-state index contributed by atoms with van der Waals surface area (Å²) in [5.41, 5.74) is -0.540. The minimum absolute atomic E-state index is 0.0161. The lowest BCUT2D eigenvalue weighted by Gasteiger charge is -2.60. The van der Waals surface area contributed by atoms with Gasteiger partial charge in [0.05, 0.1) is 6.10 Å². The van der Waals surface area contributed by atoms with Crippen molar-refractivity contribution in [1.29, 1.82) is 0 Å². The first-order chi connectivity index (χ1) is 9.68. The van der Waals surface area contributed by atoms with Crippen molar-refractivity contribution in [2.24, 2.45) is 11.3 Å². The van der Waals surface area contributed by atoms with Gasteiger partial charge in [-0.15, -0.1) is 0 Å². The van der Waals surface area contributed by atoms with Crippen LogP contribution in [0.25, 0.3) is 0 Å². The number of carbonyl (C=O) groups excluding carboxylic acids is 1. The lowest BCUT2D eigenvalue weighted by molar-refractivity contribution is -0.278. The Labute approximate surface area is 124 Å². The third-order valence-corrected chi connectivity index (χ3v) is 6.30. The van der Waals surface area contributed by atoms with Crippen LogP contribution in [0, 0.1) is 11.3 Å². The fourth-order valence-electron chi connectivity index (χ4n) is 4.56. The van der Waals surface area contributed by atoms with Crippen LogP contribution in [0.5, 0.6) is 0 Å². The molecule has 0 bridgehead atoms. The molecule has 0 radical (unpaired) electrons. The molecular weight excluding hydrogens is 272 g/mol. The maximum Gasteiger partial charge on any atom is 0.336 e. The van der Waals surface area contributed by atoms with Gasteiger partial charge in [-0.2, -0.15) is 0 Å². The van der Waals surface area contributed by atoms with Gasteiger partial charge in [0.2, 0.25) is 5.79 Å². The summed E-state index contributed by atoms with van der Waals surface area (Å²) in [5, 5.41) is 22.1. The van der Waals surface area contributed by atoms with Crippen molar-refractivity contribution in [3.05, 3.63) is 11.1 Å². The number of hydrogen-bond donors (Lipinski definition) is 2. The Kier molecular flexibility index (Phi) is 3.08. The number of methoxy groups -OCH3 is 1. The Morgan fingerprint density at radius 2 is 2.00 bits per heavy atom. The summed E-state index contributed by atoms with van der Waals surface area (Å²) in [6.07, 6.45) is 1.78. The molecule has 2 saturated carbocycles. The highest BCUT2D eigenvalue weighted by Crippen LogP contribution is 2.61. The van der Waals surface area contributed by atoms with Crippen LogP contribution in [0.3, 0.4) is 0 Å². The van der Waals surface area contributed by atoms with E-state index in [1.807, 2.05) is 6.92 Å². The summed E-state index contributed by atoms with van der Waals surface area (Å²) in [7, 11) is 1.58. The zero-order valence-corrected chi connectivity index (χ0v) is 13.1. The molecule has 0 spiro atoms. The third-order valence-electron chi connectivity index (χ3n) is 6.30. The highest BCUT2D eigenvalue weighted by molar-refractivity contribution is 5.92. The molecule has 0 aromatic carbocycles. The number of ether oxygens (including phenoxy) is 2. The summed E-state index contributed by atoms with van der Waals surface area (Å²) >= 11 is 0. The summed E-state index contributed by atoms with van der Waals surface area (Å²) in [6.45, 7) is 5.84. The van der Waals surface area contributed by atoms with Crippen LogP contribution < -0.4 is 0 Å². The van der Waals surface area contributed by atoms with Crippen LogP contribution in [0.2, 0.25) is 0 Å². The second-order valence-electron chi connectivity index (χ2n) is 7.18. The molecule has 5 nitrogen and oxygen atoms in total. The Hall–Kier alpha value is -0.910. The number of hydrogen-bond acceptors (Lipinski definition) is 5. The SMILES string of the molecule is CO[C@@H]1CC[C@H](C)[C@@]2(C)CC3=C(C)C(=O)O[C@]3(O)C[C@]12O. The summed E-state index contributed by atoms with van der Waals surface area (Å²) in [4.78, 5) is 11.8. The molecule has 0 aromatic rings. The van der Waals surface area contributed by atoms with Gasteiger partial charge in [0, 0.05) is 30.1 Å². The number of rotatable bonds is 1. The first kappa shape index (κ1) is 15.0. The maximum absolute atomic E-state index is 11.8. The van der Waals surface area contributed by atoms with E-state index in [1.54, 1.807) is 14.0 Å². The molecule has 2 aliphatic carbocycles. The lowest BCUT2D eigenvalue weighted by atomic mass is 9.50. The monoisotopic (exact) mass is 296 g/mol. The highest BCUT2D eigenvalue weighted by Gasteiger charge is 2.67. The summed E-state index contributed by atoms with van der Waals surface area (Å²) in [5.74, 6) is -1.89. The van der Waals surface area contributed by atoms with Crippen molar-refractivity contribution >= 4 is 5.97 Å². The normalized spacial score (nSPS) is 49.7. The van der Waals surface area contributed by atoms with E-state index >= 15 is 0 Å². The fraction of sp³-hybridized carbons (Fsp3) is 0.812. The first-order valence-electron chi connectivity index (χ1n) is 7.59. The molecule has 118 valence electrons. The average molecular weight is 296 g/mol. The molecule has 1 heterocycles. The van der Waals surface area contributed by atoms with Crippen LogP contribution >= 0.6 is 0 Å². The van der Waals surface area contributed by atoms with Gasteiger partial charge < -0.3 is 19.7 Å². The second kappa shape index (κ2) is 4.31. The van der Waals surface area contributed by atoms with Crippen molar-refractivity contribution in [2.45, 2.75) is 63.9 Å². The Morgan fingerprint density at radius 3 is 2.62 bits per heavy atom. The first-order valence-corrected chi connectivity index (χ1v) is 7.59. The van der Waals surface area contributed by atoms with E-state index in [0.29, 0.717) is 17.6 Å². The molecule has 0 unspecified atom stereocenters. The number of esters is 1. The van der Waals surface area contributed by atoms with Gasteiger partial charge in [-0.25, -0.2) is 4.79 Å². The van der Waals surface area contributed by atoms with Gasteiger partial charge in [-0.3, -0.25) is 0 Å². The lowest BCUT2D eigenvalue weighted by Crippen LogP contribution is -2.67. The summed E-state index contributed by atoms with van der Waals surface area (Å²) < 4.78 is 10.7. The van der Waals surface area contributed by atoms with Crippen molar-refractivity contribution in [3.8, 4) is 0 Å². The van der Waals surface area contributed by atoms with Gasteiger partial charge in [0.1, 0.15) is 5.60 Å². The molecule has 21 heavy (non-hydrogen) atoms. The minimum Gasteiger partial charge on any atom is -0.426 e. The van der Waals surface area contributed by atoms with Crippen LogP contribution in [-0.2, 0) is 14.3 Å². The average Bonchev–Trinajstić information content (AvgIpc) is 2.60. The third kappa shape index (κ3) is 1.71. The number of aliphatic hydroxyl groups is 2. The zero-order valence-electron chi connectivity index (χ0n) is 13.1. The molecule has 0 amide bonds. The van der Waals surface area contributed by atoms with Crippen molar-refractivity contribution in [2.75, 3.05) is 7.11 Å². The Morgan fingerprint density at radius 1 is 1.33 bits per heavy atom. The number of carbonyl (C=O) groups is 1. The summed E-state index contributed by atoms with van der Waals surface area (Å²) in [6, 6.07) is 0. The van der Waals surface area contributed by atoms with E-state index in [2.05, 4.69) is 6.92 Å². The molecule has 0 saturated heterocycles. The molecule has 3 rings (SSSR count). The highest BCUT2D eigenvalue weighted by atomic mass is 16.7. The molecule has 1 aliphatic heterocycles. The van der Waals surface area contributed by atoms with Crippen LogP contribution in [0.15, 0.2) is 11.1 Å². The smallest absolute Gasteiger partial charge is 0.336 e. The molecule has 0 aromatic heterocycles. The van der Waals surface area contributed by atoms with E-state index in [0.717, 1.165) is 12.8 Å². The Balaban J connectivity index is 2.11. The van der Waals surface area contributed by atoms with Crippen molar-refractivity contribution < 1.29 is 24.5 Å². The zero-order chi connectivity index (χ0) is 15.6. The van der Waals surface area contributed by atoms with Crippen LogP contribution in [-0.4, -0.2) is 40.8 Å². The van der Waals surface area contributed by atoms with E-state index in [1.165, 1.54) is 0 Å². The van der Waals surface area contributed by atoms with E-state index in [9.17, 15) is 15.0 Å². The van der Waals surface area contributed by atoms with E-state index < -0.39 is 22.8 Å². The Bertz CT molecular complexity index is 527. The van der Waals surface area contributed by atoms with E-state index in [-0.39, 0.29) is 18.4 Å². The topological polar surface area (TPSA) is 76.0 Å². The van der Waals surface area contributed by atoms with E-state index in [4.69, 9.17) is 9.47 Å². The predicted molar refractivity (Wildman–Crippen MR) is 75.2 cm³/mol. The van der Waals surface area contributed by atoms with Gasteiger partial charge in [0.25, 0.3) is 0 Å². The largest absolute Gasteiger partial charge is 0.426 e. The van der Waals surface area contributed by atoms with Crippen molar-refractivity contribution in [3.63, 3.8) is 0 Å². The van der Waals surface area contributed by atoms with Crippen LogP contribution in [0.1, 0.15) is 46.5 Å². The second-order valence-corrected chi connectivity index (χ2v) is 7.18. The molecular formula is C16H24O5. The minimum atomic E-state index is -1.68. The van der Waals surface area contributed by atoms with Crippen LogP contribution in [0.4, 0.5) is 0 Å². The molecule has 2 N–H and O–H groups in total. The molecule has 3 aliphatic rings. The van der Waals surface area contributed by atoms with Crippen molar-refractivity contribution in [1.82, 2.24) is 0 Å². The molecule has 2 fully saturated rings. The van der Waals surface area contributed by atoms with Gasteiger partial charge >= 0.3 is 5.97 Å². The van der Waals surface area contributed by atoms with Gasteiger partial charge in [-0.1, -0.05) is 13.8 Å². The predicted octanol–water partition coefficient (Wildman–Crippen LogP) is 1.52. The van der Waals surface area contributed by atoms with Gasteiger partial charge in [-0.05, 0) is 32.1 Å². The van der Waals surface area contributed by atoms with Gasteiger partial charge in [0.15, 0.2) is 0 Å². The molecule has 5 atom stereocenters. The maximum atomic E-state index is 11.8. The number of fused-ring (bicyclic) bond motifs is 2. The fourth-order valence-corrected chi connectivity index (χ4v) is 4.56. The quantitative estimate of drug-likeness (QED) is 0.718. The standard InChI is InChI=1S/C16H24O5/c1-9-5-6-12(20-4)15(18)8-16(19)11(7-14(9,15)3)10(2)13(17)21-16/h9,12,18-19H,5-8H2,1-4H3/t9-,12+,14+,15-,16+/m0/s1.